The summed E-state index contributed by atoms with van der Waals surface area (Å²) in [5, 5.41) is 8.89. The van der Waals surface area contributed by atoms with E-state index in [1.807, 2.05) is 13.0 Å². The minimum absolute atomic E-state index is 0.0242. The van der Waals surface area contributed by atoms with Crippen molar-refractivity contribution in [3.05, 3.63) is 63.1 Å². The van der Waals surface area contributed by atoms with Crippen LogP contribution < -0.4 is 10.5 Å². The Balaban J connectivity index is 1.99. The molecule has 0 aliphatic carbocycles. The largest absolute Gasteiger partial charge is 0.452 e. The predicted octanol–water partition coefficient (Wildman–Crippen LogP) is 3.81. The number of amides is 1. The zero-order chi connectivity index (χ0) is 23.2. The van der Waals surface area contributed by atoms with E-state index in [1.165, 1.54) is 12.1 Å². The van der Waals surface area contributed by atoms with Crippen LogP contribution in [0.1, 0.15) is 47.2 Å². The van der Waals surface area contributed by atoms with Crippen LogP contribution in [-0.2, 0) is 19.6 Å². The number of hydrogen-bond donors (Lipinski definition) is 2. The predicted molar refractivity (Wildman–Crippen MR) is 120 cm³/mol. The van der Waals surface area contributed by atoms with Crippen LogP contribution in [0.2, 0.25) is 10.0 Å². The maximum atomic E-state index is 12.3. The molecule has 10 heteroatoms. The van der Waals surface area contributed by atoms with Gasteiger partial charge < -0.3 is 10.1 Å². The molecule has 1 amide bonds. The van der Waals surface area contributed by atoms with E-state index in [-0.39, 0.29) is 16.4 Å². The number of primary sulfonamides is 1. The number of sulfonamides is 1. The fourth-order valence-electron chi connectivity index (χ4n) is 3.04. The van der Waals surface area contributed by atoms with E-state index in [0.29, 0.717) is 22.2 Å². The van der Waals surface area contributed by atoms with Gasteiger partial charge in [0.15, 0.2) is 6.61 Å². The minimum Gasteiger partial charge on any atom is -0.452 e. The molecule has 0 aromatic heterocycles. The SMILES string of the molecule is CCCC(CNC(=O)COC(=O)c1cc(S(N)(=O)=O)ccc1C)c1ccc(Cl)cc1Cl. The number of rotatable bonds is 9. The Labute approximate surface area is 191 Å². The smallest absolute Gasteiger partial charge is 0.338 e. The molecule has 31 heavy (non-hydrogen) atoms. The third kappa shape index (κ3) is 7.21. The van der Waals surface area contributed by atoms with Gasteiger partial charge in [-0.2, -0.15) is 0 Å². The van der Waals surface area contributed by atoms with Crippen molar-refractivity contribution < 1.29 is 22.7 Å². The zero-order valence-electron chi connectivity index (χ0n) is 17.2. The van der Waals surface area contributed by atoms with Crippen LogP contribution in [0, 0.1) is 6.92 Å². The van der Waals surface area contributed by atoms with E-state index in [2.05, 4.69) is 5.32 Å². The van der Waals surface area contributed by atoms with Gasteiger partial charge in [-0.15, -0.1) is 0 Å². The Bertz CT molecular complexity index is 1070. The first-order valence-corrected chi connectivity index (χ1v) is 11.8. The lowest BCUT2D eigenvalue weighted by molar-refractivity contribution is -0.124. The summed E-state index contributed by atoms with van der Waals surface area (Å²) in [5.41, 5.74) is 1.40. The molecule has 7 nitrogen and oxygen atoms in total. The molecular weight excluding hydrogens is 463 g/mol. The van der Waals surface area contributed by atoms with Gasteiger partial charge in [-0.3, -0.25) is 4.79 Å². The molecule has 0 aliphatic heterocycles. The molecule has 0 spiro atoms. The molecule has 3 N–H and O–H groups in total. The molecular formula is C21H24Cl2N2O5S. The molecule has 0 saturated heterocycles. The highest BCUT2D eigenvalue weighted by Crippen LogP contribution is 2.30. The second-order valence-electron chi connectivity index (χ2n) is 7.05. The monoisotopic (exact) mass is 486 g/mol. The van der Waals surface area contributed by atoms with Gasteiger partial charge >= 0.3 is 5.97 Å². The zero-order valence-corrected chi connectivity index (χ0v) is 19.5. The second kappa shape index (κ2) is 10.9. The summed E-state index contributed by atoms with van der Waals surface area (Å²) in [6, 6.07) is 9.10. The van der Waals surface area contributed by atoms with E-state index >= 15 is 0 Å². The number of hydrogen-bond acceptors (Lipinski definition) is 5. The number of benzene rings is 2. The van der Waals surface area contributed by atoms with Crippen molar-refractivity contribution in [3.63, 3.8) is 0 Å². The van der Waals surface area contributed by atoms with Crippen LogP contribution in [0.4, 0.5) is 0 Å². The van der Waals surface area contributed by atoms with Crippen molar-refractivity contribution in [2.75, 3.05) is 13.2 Å². The number of halogens is 2. The first-order chi connectivity index (χ1) is 14.5. The number of carbonyl (C=O) groups is 2. The summed E-state index contributed by atoms with van der Waals surface area (Å²) in [5.74, 6) is -1.33. The Morgan fingerprint density at radius 3 is 2.48 bits per heavy atom. The molecule has 0 saturated carbocycles. The summed E-state index contributed by atoms with van der Waals surface area (Å²) in [4.78, 5) is 24.3. The third-order valence-corrected chi connectivity index (χ3v) is 6.15. The van der Waals surface area contributed by atoms with Crippen LogP contribution in [0.3, 0.4) is 0 Å². The highest BCUT2D eigenvalue weighted by Gasteiger charge is 2.19. The number of esters is 1. The van der Waals surface area contributed by atoms with Crippen LogP contribution >= 0.6 is 23.2 Å². The molecule has 0 fully saturated rings. The van der Waals surface area contributed by atoms with Gasteiger partial charge in [-0.25, -0.2) is 18.4 Å². The van der Waals surface area contributed by atoms with E-state index in [1.54, 1.807) is 19.1 Å². The summed E-state index contributed by atoms with van der Waals surface area (Å²) in [6.07, 6.45) is 1.68. The van der Waals surface area contributed by atoms with Crippen molar-refractivity contribution in [2.45, 2.75) is 37.5 Å². The molecule has 0 radical (unpaired) electrons. The lowest BCUT2D eigenvalue weighted by Gasteiger charge is -2.19. The molecule has 0 bridgehead atoms. The molecule has 0 aliphatic rings. The minimum atomic E-state index is -3.97. The molecule has 0 heterocycles. The van der Waals surface area contributed by atoms with E-state index < -0.39 is 28.5 Å². The van der Waals surface area contributed by atoms with Crippen LogP contribution in [0.15, 0.2) is 41.3 Å². The molecule has 2 aromatic carbocycles. The quantitative estimate of drug-likeness (QED) is 0.522. The summed E-state index contributed by atoms with van der Waals surface area (Å²) in [7, 11) is -3.97. The summed E-state index contributed by atoms with van der Waals surface area (Å²) in [6.45, 7) is 3.45. The number of aryl methyl sites for hydroxylation is 1. The first-order valence-electron chi connectivity index (χ1n) is 9.55. The van der Waals surface area contributed by atoms with E-state index in [9.17, 15) is 18.0 Å². The highest BCUT2D eigenvalue weighted by atomic mass is 35.5. The maximum Gasteiger partial charge on any atom is 0.338 e. The fourth-order valence-corrected chi connectivity index (χ4v) is 4.15. The van der Waals surface area contributed by atoms with Gasteiger partial charge in [-0.05, 0) is 48.7 Å². The van der Waals surface area contributed by atoms with Gasteiger partial charge in [0.05, 0.1) is 10.5 Å². The molecule has 2 aromatic rings. The first kappa shape index (κ1) is 25.1. The summed E-state index contributed by atoms with van der Waals surface area (Å²) >= 11 is 12.2. The number of carbonyl (C=O) groups excluding carboxylic acids is 2. The average molecular weight is 487 g/mol. The topological polar surface area (TPSA) is 116 Å². The van der Waals surface area contributed by atoms with E-state index in [4.69, 9.17) is 33.1 Å². The third-order valence-electron chi connectivity index (χ3n) is 4.68. The van der Waals surface area contributed by atoms with Crippen molar-refractivity contribution in [3.8, 4) is 0 Å². The average Bonchev–Trinajstić information content (AvgIpc) is 2.69. The van der Waals surface area contributed by atoms with Crippen molar-refractivity contribution >= 4 is 45.1 Å². The molecule has 1 atom stereocenters. The van der Waals surface area contributed by atoms with Crippen molar-refractivity contribution in [2.24, 2.45) is 5.14 Å². The van der Waals surface area contributed by atoms with Gasteiger partial charge in [0.25, 0.3) is 5.91 Å². The fraction of sp³-hybridized carbons (Fsp3) is 0.333. The molecule has 168 valence electrons. The maximum absolute atomic E-state index is 12.3. The number of nitrogens with two attached hydrogens (primary N) is 1. The second-order valence-corrected chi connectivity index (χ2v) is 9.46. The standard InChI is InChI=1S/C21H24Cl2N2O5S/c1-3-4-14(17-8-6-15(22)9-19(17)23)11-25-20(26)12-30-21(27)18-10-16(31(24,28)29)7-5-13(18)2/h5-10,14H,3-4,11-12H2,1-2H3,(H,25,26)(H2,24,28,29). The number of ether oxygens (including phenoxy) is 1. The van der Waals surface area contributed by atoms with Gasteiger partial charge in [0, 0.05) is 22.5 Å². The highest BCUT2D eigenvalue weighted by molar-refractivity contribution is 7.89. The Morgan fingerprint density at radius 2 is 1.87 bits per heavy atom. The Kier molecular flexibility index (Phi) is 8.88. The van der Waals surface area contributed by atoms with Gasteiger partial charge in [-0.1, -0.05) is 48.7 Å². The van der Waals surface area contributed by atoms with Crippen LogP contribution in [0.5, 0.6) is 0 Å². The number of nitrogens with one attached hydrogen (secondary N) is 1. The van der Waals surface area contributed by atoms with Crippen molar-refractivity contribution in [1.82, 2.24) is 5.32 Å². The van der Waals surface area contributed by atoms with Gasteiger partial charge in [0.2, 0.25) is 10.0 Å². The van der Waals surface area contributed by atoms with Crippen molar-refractivity contribution in [1.29, 1.82) is 0 Å². The van der Waals surface area contributed by atoms with E-state index in [0.717, 1.165) is 24.5 Å². The van der Waals surface area contributed by atoms with Gasteiger partial charge in [0.1, 0.15) is 0 Å². The van der Waals surface area contributed by atoms with Crippen LogP contribution in [-0.4, -0.2) is 33.4 Å². The van der Waals surface area contributed by atoms with Crippen LogP contribution in [0.25, 0.3) is 0 Å². The lowest BCUT2D eigenvalue weighted by Crippen LogP contribution is -2.32. The Hall–Kier alpha value is -2.13. The lowest BCUT2D eigenvalue weighted by atomic mass is 9.94. The summed E-state index contributed by atoms with van der Waals surface area (Å²) < 4.78 is 28.0. The normalized spacial score (nSPS) is 12.3. The molecule has 2 rings (SSSR count). The molecule has 1 unspecified atom stereocenters. The Morgan fingerprint density at radius 1 is 1.16 bits per heavy atom.